The molecule has 1 unspecified atom stereocenters. The molecular weight excluding hydrogens is 320 g/mol. The fourth-order valence-electron chi connectivity index (χ4n) is 3.98. The van der Waals surface area contributed by atoms with Crippen molar-refractivity contribution in [3.63, 3.8) is 0 Å². The van der Waals surface area contributed by atoms with Gasteiger partial charge in [-0.3, -0.25) is 4.79 Å². The van der Waals surface area contributed by atoms with Gasteiger partial charge >= 0.3 is 11.9 Å². The van der Waals surface area contributed by atoms with Gasteiger partial charge in [-0.1, -0.05) is 24.3 Å². The Kier molecular flexibility index (Phi) is 4.66. The van der Waals surface area contributed by atoms with Crippen molar-refractivity contribution in [2.24, 2.45) is 5.92 Å². The lowest BCUT2D eigenvalue weighted by Gasteiger charge is -2.15. The van der Waals surface area contributed by atoms with Crippen LogP contribution in [0.5, 0.6) is 5.75 Å². The fraction of sp³-hybridized carbons (Fsp3) is 0.400. The molecule has 1 atom stereocenters. The van der Waals surface area contributed by atoms with Crippen LogP contribution in [-0.4, -0.2) is 22.2 Å². The monoisotopic (exact) mass is 342 g/mol. The van der Waals surface area contributed by atoms with Crippen LogP contribution in [0.1, 0.15) is 58.3 Å². The summed E-state index contributed by atoms with van der Waals surface area (Å²) in [4.78, 5) is 22.9. The van der Waals surface area contributed by atoms with Crippen LogP contribution in [0.4, 0.5) is 0 Å². The second-order valence-corrected chi connectivity index (χ2v) is 6.67. The molecule has 25 heavy (non-hydrogen) atoms. The van der Waals surface area contributed by atoms with Crippen molar-refractivity contribution in [1.82, 2.24) is 0 Å². The summed E-state index contributed by atoms with van der Waals surface area (Å²) in [6.07, 6.45) is 7.04. The number of hydrogen-bond acceptors (Lipinski definition) is 4. The normalized spacial score (nSPS) is 20.6. The van der Waals surface area contributed by atoms with E-state index in [0.717, 1.165) is 41.5 Å². The summed E-state index contributed by atoms with van der Waals surface area (Å²) in [5.41, 5.74) is 4.47. The maximum atomic E-state index is 11.9. The van der Waals surface area contributed by atoms with Crippen molar-refractivity contribution in [1.29, 1.82) is 0 Å². The van der Waals surface area contributed by atoms with Crippen LogP contribution in [0, 0.1) is 12.8 Å². The number of hydrogen-bond donors (Lipinski definition) is 2. The number of rotatable bonds is 5. The Bertz CT molecular complexity index is 788. The number of ether oxygens (including phenoxy) is 1. The van der Waals surface area contributed by atoms with E-state index in [0.29, 0.717) is 12.0 Å². The Morgan fingerprint density at radius 2 is 2.20 bits per heavy atom. The van der Waals surface area contributed by atoms with Gasteiger partial charge in [0, 0.05) is 11.1 Å². The maximum Gasteiger partial charge on any atom is 0.342 e. The number of carboxylic acids is 1. The summed E-state index contributed by atoms with van der Waals surface area (Å²) in [5.74, 6) is -1.26. The molecule has 3 rings (SSSR count). The van der Waals surface area contributed by atoms with Gasteiger partial charge in [0.15, 0.2) is 0 Å². The molecule has 5 nitrogen and oxygen atoms in total. The van der Waals surface area contributed by atoms with Gasteiger partial charge in [-0.15, -0.1) is 0 Å². The number of aliphatic carboxylic acids is 1. The second-order valence-electron chi connectivity index (χ2n) is 6.67. The van der Waals surface area contributed by atoms with Gasteiger partial charge in [0.05, 0.1) is 6.42 Å². The standard InChI is InChI=1S/C20H22O5/c1-3-14-11(2)16-10-25-20(24)18(16)19(23)15(14)8-7-12-5-4-6-13(12)9-17(21)22/h3,7,13,23H,1,4-6,8-10H2,2H3,(H,21,22)/b12-7+. The number of cyclic esters (lactones) is 1. The van der Waals surface area contributed by atoms with Crippen LogP contribution in [0.25, 0.3) is 6.08 Å². The Hall–Kier alpha value is -2.56. The molecular formula is C20H22O5. The molecule has 5 heteroatoms. The Balaban J connectivity index is 1.98. The van der Waals surface area contributed by atoms with Gasteiger partial charge in [0.25, 0.3) is 0 Å². The van der Waals surface area contributed by atoms with Crippen molar-refractivity contribution < 1.29 is 24.5 Å². The zero-order chi connectivity index (χ0) is 18.1. The molecule has 1 aromatic carbocycles. The third-order valence-electron chi connectivity index (χ3n) is 5.29. The summed E-state index contributed by atoms with van der Waals surface area (Å²) in [7, 11) is 0. The first-order valence-corrected chi connectivity index (χ1v) is 8.51. The van der Waals surface area contributed by atoms with Crippen LogP contribution in [0.3, 0.4) is 0 Å². The molecule has 1 aliphatic heterocycles. The van der Waals surface area contributed by atoms with Crippen molar-refractivity contribution in [2.45, 2.75) is 45.6 Å². The number of aromatic hydroxyl groups is 1. The zero-order valence-electron chi connectivity index (χ0n) is 14.3. The van der Waals surface area contributed by atoms with E-state index in [-0.39, 0.29) is 30.3 Å². The van der Waals surface area contributed by atoms with E-state index in [1.165, 1.54) is 0 Å². The van der Waals surface area contributed by atoms with Gasteiger partial charge in [-0.2, -0.15) is 0 Å². The topological polar surface area (TPSA) is 83.8 Å². The first-order valence-electron chi connectivity index (χ1n) is 8.51. The number of carbonyl (C=O) groups excluding carboxylic acids is 1. The van der Waals surface area contributed by atoms with Gasteiger partial charge in [-0.25, -0.2) is 4.79 Å². The number of allylic oxidation sites excluding steroid dienone is 2. The first-order chi connectivity index (χ1) is 11.9. The molecule has 2 N–H and O–H groups in total. The molecule has 0 radical (unpaired) electrons. The van der Waals surface area contributed by atoms with Crippen molar-refractivity contribution >= 4 is 18.0 Å². The molecule has 0 spiro atoms. The highest BCUT2D eigenvalue weighted by atomic mass is 16.5. The maximum absolute atomic E-state index is 11.9. The highest BCUT2D eigenvalue weighted by Gasteiger charge is 2.31. The molecule has 1 aromatic rings. The predicted molar refractivity (Wildman–Crippen MR) is 93.4 cm³/mol. The Morgan fingerprint density at radius 1 is 1.44 bits per heavy atom. The summed E-state index contributed by atoms with van der Waals surface area (Å²) in [5, 5.41) is 19.7. The van der Waals surface area contributed by atoms with E-state index in [4.69, 9.17) is 9.84 Å². The van der Waals surface area contributed by atoms with Crippen molar-refractivity contribution in [3.05, 3.63) is 46.0 Å². The lowest BCUT2D eigenvalue weighted by Crippen LogP contribution is -2.06. The molecule has 132 valence electrons. The summed E-state index contributed by atoms with van der Waals surface area (Å²) in [6, 6.07) is 0. The first kappa shape index (κ1) is 17.3. The third kappa shape index (κ3) is 3.06. The van der Waals surface area contributed by atoms with Crippen molar-refractivity contribution in [3.8, 4) is 5.75 Å². The minimum Gasteiger partial charge on any atom is -0.507 e. The molecule has 2 aliphatic rings. The van der Waals surface area contributed by atoms with Crippen LogP contribution in [0.2, 0.25) is 0 Å². The number of esters is 1. The molecule has 0 bridgehead atoms. The van der Waals surface area contributed by atoms with E-state index in [1.807, 2.05) is 13.0 Å². The van der Waals surface area contributed by atoms with Gasteiger partial charge in [0.1, 0.15) is 17.9 Å². The summed E-state index contributed by atoms with van der Waals surface area (Å²) in [6.45, 7) is 5.91. The lowest BCUT2D eigenvalue weighted by molar-refractivity contribution is -0.137. The average Bonchev–Trinajstić information content (AvgIpc) is 3.15. The Labute approximate surface area is 146 Å². The number of fused-ring (bicyclic) bond motifs is 1. The number of phenols is 1. The fourth-order valence-corrected chi connectivity index (χ4v) is 3.98. The van der Waals surface area contributed by atoms with E-state index in [1.54, 1.807) is 6.08 Å². The zero-order valence-corrected chi connectivity index (χ0v) is 14.3. The van der Waals surface area contributed by atoms with Gasteiger partial charge in [-0.05, 0) is 49.7 Å². The molecule has 0 saturated heterocycles. The largest absolute Gasteiger partial charge is 0.507 e. The second kappa shape index (κ2) is 6.75. The lowest BCUT2D eigenvalue weighted by atomic mass is 9.89. The molecule has 1 saturated carbocycles. The number of carboxylic acid groups (broad SMARTS) is 1. The van der Waals surface area contributed by atoms with Gasteiger partial charge in [0.2, 0.25) is 0 Å². The quantitative estimate of drug-likeness (QED) is 0.629. The minimum atomic E-state index is -0.788. The van der Waals surface area contributed by atoms with Crippen LogP contribution in [0.15, 0.2) is 18.2 Å². The SMILES string of the molecule is C=Cc1c(C)c2c(c(O)c1C/C=C1\CCCC1CC(=O)O)C(=O)OC2. The molecule has 1 fully saturated rings. The highest BCUT2D eigenvalue weighted by Crippen LogP contribution is 2.39. The number of carbonyl (C=O) groups is 2. The summed E-state index contributed by atoms with van der Waals surface area (Å²) >= 11 is 0. The van der Waals surface area contributed by atoms with Gasteiger partial charge < -0.3 is 14.9 Å². The average molecular weight is 342 g/mol. The van der Waals surface area contributed by atoms with E-state index < -0.39 is 11.9 Å². The van der Waals surface area contributed by atoms with E-state index >= 15 is 0 Å². The van der Waals surface area contributed by atoms with E-state index in [2.05, 4.69) is 6.58 Å². The van der Waals surface area contributed by atoms with E-state index in [9.17, 15) is 14.7 Å². The van der Waals surface area contributed by atoms with Crippen LogP contribution < -0.4 is 0 Å². The molecule has 0 aromatic heterocycles. The molecule has 1 heterocycles. The summed E-state index contributed by atoms with van der Waals surface area (Å²) < 4.78 is 5.06. The highest BCUT2D eigenvalue weighted by molar-refractivity contribution is 5.98. The molecule has 0 amide bonds. The van der Waals surface area contributed by atoms with Crippen LogP contribution >= 0.6 is 0 Å². The number of benzene rings is 1. The van der Waals surface area contributed by atoms with Crippen LogP contribution in [-0.2, 0) is 22.6 Å². The smallest absolute Gasteiger partial charge is 0.342 e. The number of phenolic OH excluding ortho intramolecular Hbond substituents is 1. The Morgan fingerprint density at radius 3 is 2.88 bits per heavy atom. The molecule has 1 aliphatic carbocycles. The predicted octanol–water partition coefficient (Wildman–Crippen LogP) is 3.76. The third-order valence-corrected chi connectivity index (χ3v) is 5.29. The van der Waals surface area contributed by atoms with Crippen molar-refractivity contribution in [2.75, 3.05) is 0 Å². The minimum absolute atomic E-state index is 0.0392.